The smallest absolute Gasteiger partial charge is 0.258 e. The third-order valence-electron chi connectivity index (χ3n) is 9.35. The first-order chi connectivity index (χ1) is 17.8. The van der Waals surface area contributed by atoms with Crippen LogP contribution in [0.15, 0.2) is 12.3 Å². The number of ether oxygens (including phenoxy) is 1. The van der Waals surface area contributed by atoms with Crippen LogP contribution >= 0.6 is 12.4 Å². The maximum Gasteiger partial charge on any atom is 0.258 e. The first-order valence-corrected chi connectivity index (χ1v) is 14.5. The lowest BCUT2D eigenvalue weighted by atomic mass is 9.54. The third-order valence-corrected chi connectivity index (χ3v) is 9.35. The highest BCUT2D eigenvalue weighted by molar-refractivity contribution is 5.96. The summed E-state index contributed by atoms with van der Waals surface area (Å²) in [5.41, 5.74) is 5.26. The van der Waals surface area contributed by atoms with Crippen LogP contribution in [0.5, 0.6) is 5.88 Å². The van der Waals surface area contributed by atoms with Crippen molar-refractivity contribution in [3.63, 3.8) is 0 Å². The van der Waals surface area contributed by atoms with E-state index in [1.54, 1.807) is 23.2 Å². The van der Waals surface area contributed by atoms with Crippen LogP contribution in [-0.4, -0.2) is 47.3 Å². The van der Waals surface area contributed by atoms with Gasteiger partial charge >= 0.3 is 0 Å². The Kier molecular flexibility index (Phi) is 9.45. The second-order valence-corrected chi connectivity index (χ2v) is 12.6. The molecule has 0 unspecified atom stereocenters. The molecule has 4 bridgehead atoms. The summed E-state index contributed by atoms with van der Waals surface area (Å²) in [4.78, 5) is 26.2. The molecular weight excluding hydrogens is 502 g/mol. The average molecular weight is 548 g/mol. The van der Waals surface area contributed by atoms with Gasteiger partial charge in [-0.2, -0.15) is 5.10 Å². The van der Waals surface area contributed by atoms with Crippen molar-refractivity contribution in [1.82, 2.24) is 20.4 Å². The van der Waals surface area contributed by atoms with Crippen LogP contribution in [0.25, 0.3) is 6.20 Å². The fraction of sp³-hybridized carbons (Fsp3) is 0.759. The van der Waals surface area contributed by atoms with E-state index in [4.69, 9.17) is 10.5 Å². The molecule has 8 nitrogen and oxygen atoms in total. The minimum Gasteiger partial charge on any atom is -0.477 e. The van der Waals surface area contributed by atoms with E-state index in [1.807, 2.05) is 13.8 Å². The van der Waals surface area contributed by atoms with E-state index >= 15 is 0 Å². The molecule has 1 heterocycles. The Morgan fingerprint density at radius 3 is 2.39 bits per heavy atom. The highest BCUT2D eigenvalue weighted by atomic mass is 35.5. The second-order valence-electron chi connectivity index (χ2n) is 12.6. The van der Waals surface area contributed by atoms with E-state index in [-0.39, 0.29) is 30.3 Å². The highest BCUT2D eigenvalue weighted by Gasteiger charge is 2.48. The molecule has 0 radical (unpaired) electrons. The van der Waals surface area contributed by atoms with Gasteiger partial charge in [0.2, 0.25) is 11.8 Å². The molecule has 0 aromatic carbocycles. The van der Waals surface area contributed by atoms with Crippen molar-refractivity contribution < 1.29 is 14.3 Å². The van der Waals surface area contributed by atoms with Gasteiger partial charge in [-0.1, -0.05) is 25.3 Å². The van der Waals surface area contributed by atoms with Gasteiger partial charge in [0.25, 0.3) is 5.91 Å². The van der Waals surface area contributed by atoms with Gasteiger partial charge in [0.05, 0.1) is 18.2 Å². The number of hydrogen-bond acceptors (Lipinski definition) is 5. The largest absolute Gasteiger partial charge is 0.477 e. The van der Waals surface area contributed by atoms with Crippen LogP contribution in [0.4, 0.5) is 0 Å². The van der Waals surface area contributed by atoms with Crippen molar-refractivity contribution >= 4 is 30.4 Å². The standard InChI is InChI=1S/C29H45N5O3.ClH/c1-29(2,28(36)31-10-9-30)8-11-34-27(37-18-19-6-4-3-5-7-19)24(17-32-34)26(35)33-25-22-13-20-12-21(15-22)16-23(25)14-20;/h8,11,17,19-23,25H,3-7,9-10,12-16,18,30H2,1-2H3,(H,31,36)(H,33,35);1H/b11-8+;. The normalized spacial score (nSPS) is 28.8. The van der Waals surface area contributed by atoms with E-state index in [0.29, 0.717) is 48.9 Å². The van der Waals surface area contributed by atoms with Gasteiger partial charge in [-0.05, 0) is 88.4 Å². The van der Waals surface area contributed by atoms with Crippen molar-refractivity contribution in [2.24, 2.45) is 40.7 Å². The molecule has 6 rings (SSSR count). The summed E-state index contributed by atoms with van der Waals surface area (Å²) >= 11 is 0. The lowest BCUT2D eigenvalue weighted by Gasteiger charge is -2.54. The molecule has 9 heteroatoms. The second kappa shape index (κ2) is 12.4. The minimum absolute atomic E-state index is 0. The van der Waals surface area contributed by atoms with Crippen molar-refractivity contribution in [1.29, 1.82) is 0 Å². The Balaban J connectivity index is 0.00000336. The summed E-state index contributed by atoms with van der Waals surface area (Å²) in [5.74, 6) is 3.72. The number of carbonyl (C=O) groups excluding carboxylic acids is 2. The van der Waals surface area contributed by atoms with Gasteiger partial charge in [0, 0.05) is 25.3 Å². The molecule has 5 aliphatic rings. The van der Waals surface area contributed by atoms with Gasteiger partial charge in [-0.3, -0.25) is 9.59 Å². The molecule has 0 saturated heterocycles. The first-order valence-electron chi connectivity index (χ1n) is 14.5. The van der Waals surface area contributed by atoms with Crippen molar-refractivity contribution in [2.75, 3.05) is 19.7 Å². The van der Waals surface area contributed by atoms with Gasteiger partial charge in [-0.25, -0.2) is 4.68 Å². The SMILES string of the molecule is CC(C)(/C=C/n1ncc(C(=O)NC2C3CC4CC(C3)CC2C4)c1OCC1CCCCC1)C(=O)NCCN.Cl. The number of nitrogens with two attached hydrogens (primary N) is 1. The molecule has 0 aliphatic heterocycles. The predicted molar refractivity (Wildman–Crippen MR) is 151 cm³/mol. The zero-order valence-electron chi connectivity index (χ0n) is 23.0. The molecule has 38 heavy (non-hydrogen) atoms. The van der Waals surface area contributed by atoms with Gasteiger partial charge in [-0.15, -0.1) is 12.4 Å². The van der Waals surface area contributed by atoms with Crippen LogP contribution < -0.4 is 21.1 Å². The molecule has 0 atom stereocenters. The summed E-state index contributed by atoms with van der Waals surface area (Å²) in [6.07, 6.45) is 17.7. The fourth-order valence-corrected chi connectivity index (χ4v) is 7.44. The van der Waals surface area contributed by atoms with Gasteiger partial charge in [0.1, 0.15) is 5.56 Å². The first kappa shape index (κ1) is 28.9. The lowest BCUT2D eigenvalue weighted by Crippen LogP contribution is -2.55. The zero-order valence-corrected chi connectivity index (χ0v) is 23.8. The molecule has 5 fully saturated rings. The predicted octanol–water partition coefficient (Wildman–Crippen LogP) is 4.39. The third kappa shape index (κ3) is 6.39. The summed E-state index contributed by atoms with van der Waals surface area (Å²) in [6.45, 7) is 5.11. The van der Waals surface area contributed by atoms with E-state index in [1.165, 1.54) is 51.4 Å². The molecule has 212 valence electrons. The van der Waals surface area contributed by atoms with E-state index in [2.05, 4.69) is 15.7 Å². The maximum atomic E-state index is 13.6. The molecule has 4 N–H and O–H groups in total. The van der Waals surface area contributed by atoms with Crippen LogP contribution in [0.1, 0.15) is 88.4 Å². The summed E-state index contributed by atoms with van der Waals surface area (Å²) in [5, 5.41) is 10.8. The Morgan fingerprint density at radius 2 is 1.76 bits per heavy atom. The fourth-order valence-electron chi connectivity index (χ4n) is 7.44. The molecule has 5 aliphatic carbocycles. The van der Waals surface area contributed by atoms with E-state index < -0.39 is 5.41 Å². The van der Waals surface area contributed by atoms with Crippen molar-refractivity contribution in [3.8, 4) is 5.88 Å². The lowest BCUT2D eigenvalue weighted by molar-refractivity contribution is -0.127. The number of carbonyl (C=O) groups is 2. The summed E-state index contributed by atoms with van der Waals surface area (Å²) in [7, 11) is 0. The van der Waals surface area contributed by atoms with Crippen LogP contribution in [0.2, 0.25) is 0 Å². The molecule has 0 spiro atoms. The average Bonchev–Trinajstić information content (AvgIpc) is 3.30. The van der Waals surface area contributed by atoms with Crippen LogP contribution in [0, 0.1) is 35.0 Å². The Bertz CT molecular complexity index is 972. The number of nitrogens with zero attached hydrogens (tertiary/aromatic N) is 2. The molecule has 1 aromatic heterocycles. The number of rotatable bonds is 10. The number of nitrogens with one attached hydrogen (secondary N) is 2. The van der Waals surface area contributed by atoms with Crippen molar-refractivity contribution in [3.05, 3.63) is 17.8 Å². The zero-order chi connectivity index (χ0) is 26.0. The topological polar surface area (TPSA) is 111 Å². The minimum atomic E-state index is -0.759. The number of hydrogen-bond donors (Lipinski definition) is 3. The van der Waals surface area contributed by atoms with Crippen molar-refractivity contribution in [2.45, 2.75) is 84.1 Å². The van der Waals surface area contributed by atoms with Gasteiger partial charge in [0.15, 0.2) is 0 Å². The number of amides is 2. The highest BCUT2D eigenvalue weighted by Crippen LogP contribution is 2.53. The van der Waals surface area contributed by atoms with E-state index in [9.17, 15) is 9.59 Å². The Hall–Kier alpha value is -2.06. The van der Waals surface area contributed by atoms with Gasteiger partial charge < -0.3 is 21.1 Å². The quantitative estimate of drug-likeness (QED) is 0.402. The summed E-state index contributed by atoms with van der Waals surface area (Å²) < 4.78 is 7.96. The Labute approximate surface area is 233 Å². The van der Waals surface area contributed by atoms with Crippen LogP contribution in [-0.2, 0) is 4.79 Å². The summed E-state index contributed by atoms with van der Waals surface area (Å²) in [6, 6.07) is 0.260. The van der Waals surface area contributed by atoms with Crippen LogP contribution in [0.3, 0.4) is 0 Å². The molecule has 5 saturated carbocycles. The maximum absolute atomic E-state index is 13.6. The number of halogens is 1. The van der Waals surface area contributed by atoms with E-state index in [0.717, 1.165) is 24.7 Å². The molecule has 1 aromatic rings. The number of aromatic nitrogens is 2. The monoisotopic (exact) mass is 547 g/mol. The molecule has 2 amide bonds. The Morgan fingerprint density at radius 1 is 1.11 bits per heavy atom. The molecular formula is C29H46ClN5O3.